The van der Waals surface area contributed by atoms with Gasteiger partial charge in [0, 0.05) is 10.6 Å². The van der Waals surface area contributed by atoms with Gasteiger partial charge in [-0.2, -0.15) is 5.10 Å². The lowest BCUT2D eigenvalue weighted by Crippen LogP contribution is -2.36. The molecule has 0 fully saturated rings. The van der Waals surface area contributed by atoms with E-state index in [0.29, 0.717) is 6.42 Å². The lowest BCUT2D eigenvalue weighted by Gasteiger charge is -2.16. The zero-order valence-corrected chi connectivity index (χ0v) is 12.1. The molecule has 0 bridgehead atoms. The first-order chi connectivity index (χ1) is 9.79. The second-order valence-electron chi connectivity index (χ2n) is 4.22. The molecule has 1 heterocycles. The van der Waals surface area contributed by atoms with E-state index in [1.165, 1.54) is 0 Å². The quantitative estimate of drug-likeness (QED) is 0.633. The fourth-order valence-corrected chi connectivity index (χ4v) is 2.28. The first-order valence-corrected chi connectivity index (χ1v) is 7.35. The number of hydrogen-bond donors (Lipinski definition) is 2. The molecule has 2 rings (SSSR count). The standard InChI is InChI=1S/C15H17N3OS/c1-2-14(17-12-7-4-3-5-8-12)15(19)18-16-11-13-9-6-10-20-13/h3-11,14,17H,2H2,1H3,(H,18,19)/b16-11+. The fraction of sp³-hybridized carbons (Fsp3) is 0.200. The van der Waals surface area contributed by atoms with E-state index < -0.39 is 0 Å². The second kappa shape index (κ2) is 7.45. The van der Waals surface area contributed by atoms with Crippen LogP contribution in [0, 0.1) is 0 Å². The summed E-state index contributed by atoms with van der Waals surface area (Å²) in [6.07, 6.45) is 2.34. The maximum absolute atomic E-state index is 12.0. The minimum atomic E-state index is -0.294. The van der Waals surface area contributed by atoms with Crippen LogP contribution in [0.2, 0.25) is 0 Å². The Morgan fingerprint density at radius 1 is 1.30 bits per heavy atom. The summed E-state index contributed by atoms with van der Waals surface area (Å²) in [5.41, 5.74) is 3.49. The van der Waals surface area contributed by atoms with Gasteiger partial charge in [-0.15, -0.1) is 11.3 Å². The molecule has 104 valence electrons. The number of hydrazone groups is 1. The number of anilines is 1. The van der Waals surface area contributed by atoms with Gasteiger partial charge in [0.2, 0.25) is 0 Å². The number of thiophene rings is 1. The molecule has 0 saturated carbocycles. The Bertz CT molecular complexity index is 552. The van der Waals surface area contributed by atoms with E-state index in [1.807, 2.05) is 54.8 Å². The van der Waals surface area contributed by atoms with Gasteiger partial charge in [0.15, 0.2) is 0 Å². The summed E-state index contributed by atoms with van der Waals surface area (Å²) in [7, 11) is 0. The Morgan fingerprint density at radius 3 is 2.75 bits per heavy atom. The van der Waals surface area contributed by atoms with Crippen LogP contribution in [0.1, 0.15) is 18.2 Å². The van der Waals surface area contributed by atoms with E-state index in [9.17, 15) is 4.79 Å². The third-order valence-corrected chi connectivity index (χ3v) is 3.56. The number of carbonyl (C=O) groups excluding carboxylic acids is 1. The fourth-order valence-electron chi connectivity index (χ4n) is 1.69. The molecule has 0 aliphatic heterocycles. The Kier molecular flexibility index (Phi) is 5.32. The van der Waals surface area contributed by atoms with Crippen molar-refractivity contribution in [2.45, 2.75) is 19.4 Å². The minimum absolute atomic E-state index is 0.135. The molecule has 0 aliphatic rings. The van der Waals surface area contributed by atoms with Crippen molar-refractivity contribution in [3.63, 3.8) is 0 Å². The molecule has 1 unspecified atom stereocenters. The van der Waals surface area contributed by atoms with Crippen molar-refractivity contribution in [1.29, 1.82) is 0 Å². The van der Waals surface area contributed by atoms with Crippen LogP contribution in [0.3, 0.4) is 0 Å². The van der Waals surface area contributed by atoms with Gasteiger partial charge < -0.3 is 5.32 Å². The molecule has 0 radical (unpaired) electrons. The van der Waals surface area contributed by atoms with Crippen molar-refractivity contribution in [2.24, 2.45) is 5.10 Å². The maximum Gasteiger partial charge on any atom is 0.262 e. The van der Waals surface area contributed by atoms with Gasteiger partial charge in [-0.3, -0.25) is 4.79 Å². The highest BCUT2D eigenvalue weighted by Gasteiger charge is 2.15. The lowest BCUT2D eigenvalue weighted by molar-refractivity contribution is -0.121. The Hall–Kier alpha value is -2.14. The Labute approximate surface area is 122 Å². The number of benzene rings is 1. The summed E-state index contributed by atoms with van der Waals surface area (Å²) >= 11 is 1.58. The van der Waals surface area contributed by atoms with Crippen LogP contribution in [0.25, 0.3) is 0 Å². The van der Waals surface area contributed by atoms with Gasteiger partial charge in [0.1, 0.15) is 6.04 Å². The van der Waals surface area contributed by atoms with Crippen LogP contribution < -0.4 is 10.7 Å². The summed E-state index contributed by atoms with van der Waals surface area (Å²) in [6.45, 7) is 1.96. The zero-order chi connectivity index (χ0) is 14.2. The van der Waals surface area contributed by atoms with E-state index >= 15 is 0 Å². The number of para-hydroxylation sites is 1. The van der Waals surface area contributed by atoms with Crippen LogP contribution in [0.4, 0.5) is 5.69 Å². The molecule has 1 aromatic heterocycles. The number of carbonyl (C=O) groups is 1. The zero-order valence-electron chi connectivity index (χ0n) is 11.2. The molecular formula is C15H17N3OS. The highest BCUT2D eigenvalue weighted by molar-refractivity contribution is 7.11. The largest absolute Gasteiger partial charge is 0.374 e. The summed E-state index contributed by atoms with van der Waals surface area (Å²) in [5.74, 6) is -0.135. The average Bonchev–Trinajstić information content (AvgIpc) is 2.99. The number of hydrogen-bond acceptors (Lipinski definition) is 4. The van der Waals surface area contributed by atoms with Crippen LogP contribution >= 0.6 is 11.3 Å². The molecule has 5 heteroatoms. The summed E-state index contributed by atoms with van der Waals surface area (Å²) in [5, 5.41) is 9.13. The highest BCUT2D eigenvalue weighted by Crippen LogP contribution is 2.09. The SMILES string of the molecule is CCC(Nc1ccccc1)C(=O)N/N=C/c1cccs1. The topological polar surface area (TPSA) is 53.5 Å². The molecule has 1 atom stereocenters. The monoisotopic (exact) mass is 287 g/mol. The molecular weight excluding hydrogens is 270 g/mol. The number of nitrogens with zero attached hydrogens (tertiary/aromatic N) is 1. The van der Waals surface area contributed by atoms with Crippen molar-refractivity contribution in [1.82, 2.24) is 5.43 Å². The van der Waals surface area contributed by atoms with Gasteiger partial charge in [-0.25, -0.2) is 5.43 Å². The maximum atomic E-state index is 12.0. The summed E-state index contributed by atoms with van der Waals surface area (Å²) in [6, 6.07) is 13.3. The van der Waals surface area contributed by atoms with E-state index in [-0.39, 0.29) is 11.9 Å². The van der Waals surface area contributed by atoms with Gasteiger partial charge in [0.25, 0.3) is 5.91 Å². The van der Waals surface area contributed by atoms with Crippen LogP contribution in [0.5, 0.6) is 0 Å². The van der Waals surface area contributed by atoms with E-state index in [4.69, 9.17) is 0 Å². The van der Waals surface area contributed by atoms with Gasteiger partial charge in [-0.1, -0.05) is 31.2 Å². The molecule has 0 aliphatic carbocycles. The third kappa shape index (κ3) is 4.20. The smallest absolute Gasteiger partial charge is 0.262 e. The van der Waals surface area contributed by atoms with Crippen LogP contribution in [-0.2, 0) is 4.79 Å². The first kappa shape index (κ1) is 14.3. The summed E-state index contributed by atoms with van der Waals surface area (Å²) in [4.78, 5) is 13.0. The minimum Gasteiger partial charge on any atom is -0.374 e. The molecule has 0 spiro atoms. The van der Waals surface area contributed by atoms with Crippen molar-refractivity contribution in [3.8, 4) is 0 Å². The van der Waals surface area contributed by atoms with E-state index in [0.717, 1.165) is 10.6 Å². The van der Waals surface area contributed by atoms with Crippen LogP contribution in [-0.4, -0.2) is 18.2 Å². The summed E-state index contributed by atoms with van der Waals surface area (Å²) < 4.78 is 0. The lowest BCUT2D eigenvalue weighted by atomic mass is 10.2. The average molecular weight is 287 g/mol. The predicted molar refractivity (Wildman–Crippen MR) is 84.2 cm³/mol. The Morgan fingerprint density at radius 2 is 2.10 bits per heavy atom. The molecule has 2 aromatic rings. The normalized spacial score (nSPS) is 12.2. The van der Waals surface area contributed by atoms with Gasteiger partial charge >= 0.3 is 0 Å². The third-order valence-electron chi connectivity index (χ3n) is 2.75. The van der Waals surface area contributed by atoms with Gasteiger partial charge in [0.05, 0.1) is 6.21 Å². The molecule has 4 nitrogen and oxygen atoms in total. The van der Waals surface area contributed by atoms with E-state index in [2.05, 4.69) is 15.8 Å². The molecule has 1 aromatic carbocycles. The highest BCUT2D eigenvalue weighted by atomic mass is 32.1. The predicted octanol–water partition coefficient (Wildman–Crippen LogP) is 3.09. The van der Waals surface area contributed by atoms with Crippen molar-refractivity contribution in [2.75, 3.05) is 5.32 Å². The Balaban J connectivity index is 1.89. The number of amides is 1. The van der Waals surface area contributed by atoms with Crippen molar-refractivity contribution >= 4 is 29.1 Å². The van der Waals surface area contributed by atoms with Gasteiger partial charge in [-0.05, 0) is 30.0 Å². The van der Waals surface area contributed by atoms with Crippen LogP contribution in [0.15, 0.2) is 52.9 Å². The molecule has 0 saturated heterocycles. The first-order valence-electron chi connectivity index (χ1n) is 6.47. The number of nitrogens with one attached hydrogen (secondary N) is 2. The molecule has 20 heavy (non-hydrogen) atoms. The van der Waals surface area contributed by atoms with Crippen molar-refractivity contribution < 1.29 is 4.79 Å². The molecule has 2 N–H and O–H groups in total. The number of rotatable bonds is 6. The van der Waals surface area contributed by atoms with E-state index in [1.54, 1.807) is 17.6 Å². The molecule has 1 amide bonds. The second-order valence-corrected chi connectivity index (χ2v) is 5.20. The van der Waals surface area contributed by atoms with Crippen molar-refractivity contribution in [3.05, 3.63) is 52.7 Å².